The van der Waals surface area contributed by atoms with Crippen molar-refractivity contribution in [1.82, 2.24) is 14.9 Å². The molecule has 7 heteroatoms. The zero-order valence-corrected chi connectivity index (χ0v) is 12.5. The number of likely N-dealkylation sites (tertiary alicyclic amines) is 1. The first-order valence-electron chi connectivity index (χ1n) is 7.39. The molecule has 0 spiro atoms. The van der Waals surface area contributed by atoms with E-state index in [1.165, 1.54) is 12.1 Å². The van der Waals surface area contributed by atoms with Gasteiger partial charge in [0.25, 0.3) is 0 Å². The van der Waals surface area contributed by atoms with E-state index in [0.29, 0.717) is 0 Å². The molecule has 3 rings (SSSR count). The van der Waals surface area contributed by atoms with Gasteiger partial charge in [-0.15, -0.1) is 0 Å². The first-order valence-corrected chi connectivity index (χ1v) is 7.39. The van der Waals surface area contributed by atoms with E-state index in [2.05, 4.69) is 15.0 Å². The highest BCUT2D eigenvalue weighted by Crippen LogP contribution is 2.17. The molecule has 2 heterocycles. The molecule has 0 atom stereocenters. The molecule has 0 unspecified atom stereocenters. The van der Waals surface area contributed by atoms with E-state index < -0.39 is 5.82 Å². The smallest absolute Gasteiger partial charge is 0.318 e. The summed E-state index contributed by atoms with van der Waals surface area (Å²) in [5.74, 6) is -0.971. The Kier molecular flexibility index (Phi) is 4.75. The lowest BCUT2D eigenvalue weighted by atomic mass is 10.2. The van der Waals surface area contributed by atoms with Crippen molar-refractivity contribution >= 4 is 12.2 Å². The number of hydrogen-bond acceptors (Lipinski definition) is 4. The van der Waals surface area contributed by atoms with Crippen LogP contribution in [0.4, 0.5) is 14.6 Å². The average molecular weight is 318 g/mol. The fourth-order valence-electron chi connectivity index (χ4n) is 2.22. The van der Waals surface area contributed by atoms with Gasteiger partial charge in [-0.3, -0.25) is 0 Å². The molecule has 1 aliphatic rings. The second-order valence-electron chi connectivity index (χ2n) is 5.23. The van der Waals surface area contributed by atoms with Crippen LogP contribution in [-0.4, -0.2) is 34.3 Å². The van der Waals surface area contributed by atoms with Crippen LogP contribution < -0.4 is 4.74 Å². The van der Waals surface area contributed by atoms with Crippen LogP contribution in [0.25, 0.3) is 0 Å². The third kappa shape index (κ3) is 4.21. The van der Waals surface area contributed by atoms with Gasteiger partial charge in [0.15, 0.2) is 11.6 Å². The van der Waals surface area contributed by atoms with E-state index in [0.717, 1.165) is 37.7 Å². The van der Waals surface area contributed by atoms with Gasteiger partial charge < -0.3 is 9.64 Å². The Morgan fingerprint density at radius 2 is 1.91 bits per heavy atom. The number of ether oxygens (including phenoxy) is 1. The lowest BCUT2D eigenvalue weighted by Gasteiger charge is -2.09. The van der Waals surface area contributed by atoms with Crippen LogP contribution in [0.3, 0.4) is 0 Å². The first-order chi connectivity index (χ1) is 11.2. The van der Waals surface area contributed by atoms with E-state index in [9.17, 15) is 8.78 Å². The van der Waals surface area contributed by atoms with Gasteiger partial charge in [0.05, 0.1) is 12.5 Å². The molecule has 0 N–H and O–H groups in total. The molecule has 0 radical (unpaired) electrons. The van der Waals surface area contributed by atoms with Gasteiger partial charge in [-0.2, -0.15) is 4.98 Å². The normalized spacial score (nSPS) is 14.6. The summed E-state index contributed by atoms with van der Waals surface area (Å²) in [6.07, 6.45) is 4.86. The van der Waals surface area contributed by atoms with Crippen molar-refractivity contribution in [2.75, 3.05) is 13.1 Å². The molecule has 2 aromatic rings. The molecule has 0 saturated carbocycles. The fraction of sp³-hybridized carbons (Fsp3) is 0.312. The van der Waals surface area contributed by atoms with Crippen LogP contribution >= 0.6 is 0 Å². The molecule has 1 aromatic carbocycles. The molecule has 1 aliphatic heterocycles. The number of aliphatic imine (C=N–C) groups is 1. The maximum atomic E-state index is 13.7. The highest BCUT2D eigenvalue weighted by molar-refractivity contribution is 5.60. The first kappa shape index (κ1) is 15.3. The Morgan fingerprint density at radius 3 is 2.65 bits per heavy atom. The maximum absolute atomic E-state index is 13.7. The zero-order chi connectivity index (χ0) is 16.1. The molecular weight excluding hydrogens is 302 g/mol. The summed E-state index contributed by atoms with van der Waals surface area (Å²) >= 11 is 0. The minimum absolute atomic E-state index is 0.0318. The van der Waals surface area contributed by atoms with Gasteiger partial charge in [-0.05, 0) is 30.5 Å². The van der Waals surface area contributed by atoms with Gasteiger partial charge in [0.2, 0.25) is 0 Å². The Hall–Kier alpha value is -2.57. The van der Waals surface area contributed by atoms with Gasteiger partial charge >= 0.3 is 6.01 Å². The van der Waals surface area contributed by atoms with Crippen LogP contribution in [0.5, 0.6) is 6.01 Å². The number of nitrogens with zero attached hydrogens (tertiary/aromatic N) is 4. The predicted molar refractivity (Wildman–Crippen MR) is 81.7 cm³/mol. The van der Waals surface area contributed by atoms with Crippen molar-refractivity contribution in [3.8, 4) is 6.01 Å². The van der Waals surface area contributed by atoms with Crippen LogP contribution in [-0.2, 0) is 6.61 Å². The maximum Gasteiger partial charge on any atom is 0.318 e. The number of rotatable bonds is 5. The SMILES string of the molecule is Fc1ccc(COc2ncc(F)c(N=CN3CCCC3)n2)cc1. The largest absolute Gasteiger partial charge is 0.459 e. The van der Waals surface area contributed by atoms with Crippen molar-refractivity contribution in [1.29, 1.82) is 0 Å². The van der Waals surface area contributed by atoms with Gasteiger partial charge in [-0.25, -0.2) is 18.8 Å². The minimum Gasteiger partial charge on any atom is -0.459 e. The van der Waals surface area contributed by atoms with Crippen molar-refractivity contribution in [3.63, 3.8) is 0 Å². The van der Waals surface area contributed by atoms with Crippen molar-refractivity contribution in [2.45, 2.75) is 19.4 Å². The monoisotopic (exact) mass is 318 g/mol. The summed E-state index contributed by atoms with van der Waals surface area (Å²) in [4.78, 5) is 13.8. The molecule has 23 heavy (non-hydrogen) atoms. The molecule has 1 fully saturated rings. The quantitative estimate of drug-likeness (QED) is 0.628. The third-order valence-corrected chi connectivity index (χ3v) is 3.47. The molecule has 1 aromatic heterocycles. The van der Waals surface area contributed by atoms with Gasteiger partial charge in [0.1, 0.15) is 12.4 Å². The zero-order valence-electron chi connectivity index (χ0n) is 12.5. The second-order valence-corrected chi connectivity index (χ2v) is 5.23. The third-order valence-electron chi connectivity index (χ3n) is 3.47. The standard InChI is InChI=1S/C16H16F2N4O/c17-13-5-3-12(4-6-13)10-23-16-19-9-14(18)15(21-16)20-11-22-7-1-2-8-22/h3-6,9,11H,1-2,7-8,10H2. The van der Waals surface area contributed by atoms with Gasteiger partial charge in [-0.1, -0.05) is 12.1 Å². The highest BCUT2D eigenvalue weighted by Gasteiger charge is 2.10. The molecule has 5 nitrogen and oxygen atoms in total. The van der Waals surface area contributed by atoms with E-state index in [1.54, 1.807) is 18.5 Å². The minimum atomic E-state index is -0.602. The number of halogens is 2. The van der Waals surface area contributed by atoms with E-state index >= 15 is 0 Å². The average Bonchev–Trinajstić information content (AvgIpc) is 3.08. The summed E-state index contributed by atoms with van der Waals surface area (Å²) in [5.41, 5.74) is 0.765. The van der Waals surface area contributed by atoms with E-state index in [1.807, 2.05) is 4.90 Å². The lowest BCUT2D eigenvalue weighted by Crippen LogP contribution is -2.16. The topological polar surface area (TPSA) is 50.6 Å². The van der Waals surface area contributed by atoms with Crippen LogP contribution in [0.1, 0.15) is 18.4 Å². The van der Waals surface area contributed by atoms with Crippen LogP contribution in [0, 0.1) is 11.6 Å². The summed E-state index contributed by atoms with van der Waals surface area (Å²) in [5, 5.41) is 0. The fourth-order valence-corrected chi connectivity index (χ4v) is 2.22. The lowest BCUT2D eigenvalue weighted by molar-refractivity contribution is 0.279. The summed E-state index contributed by atoms with van der Waals surface area (Å²) in [7, 11) is 0. The molecular formula is C16H16F2N4O. The Balaban J connectivity index is 1.65. The summed E-state index contributed by atoms with van der Waals surface area (Å²) in [6, 6.07) is 5.92. The van der Waals surface area contributed by atoms with E-state index in [4.69, 9.17) is 4.74 Å². The number of aromatic nitrogens is 2. The molecule has 1 saturated heterocycles. The predicted octanol–water partition coefficient (Wildman–Crippen LogP) is 3.09. The van der Waals surface area contributed by atoms with Crippen molar-refractivity contribution < 1.29 is 13.5 Å². The van der Waals surface area contributed by atoms with Crippen molar-refractivity contribution in [3.05, 3.63) is 47.7 Å². The molecule has 0 bridgehead atoms. The Labute approximate surface area is 132 Å². The van der Waals surface area contributed by atoms with Crippen LogP contribution in [0.15, 0.2) is 35.5 Å². The van der Waals surface area contributed by atoms with Crippen LogP contribution in [0.2, 0.25) is 0 Å². The highest BCUT2D eigenvalue weighted by atomic mass is 19.1. The Morgan fingerprint density at radius 1 is 1.17 bits per heavy atom. The summed E-state index contributed by atoms with van der Waals surface area (Å²) in [6.45, 7) is 2.01. The number of benzene rings is 1. The second kappa shape index (κ2) is 7.13. The molecule has 0 amide bonds. The Bertz CT molecular complexity index is 685. The van der Waals surface area contributed by atoms with E-state index in [-0.39, 0.29) is 24.3 Å². The number of hydrogen-bond donors (Lipinski definition) is 0. The van der Waals surface area contributed by atoms with Crippen molar-refractivity contribution in [2.24, 2.45) is 4.99 Å². The summed E-state index contributed by atoms with van der Waals surface area (Å²) < 4.78 is 31.9. The van der Waals surface area contributed by atoms with Gasteiger partial charge in [0, 0.05) is 13.1 Å². The molecule has 120 valence electrons. The molecule has 0 aliphatic carbocycles.